The Morgan fingerprint density at radius 2 is 1.66 bits per heavy atom. The Kier molecular flexibility index (Phi) is 10.2. The molecule has 0 bridgehead atoms. The number of aliphatic imine (C=N–C) groups is 1. The number of benzene rings is 3. The molecule has 0 saturated heterocycles. The van der Waals surface area contributed by atoms with Gasteiger partial charge in [0.15, 0.2) is 5.82 Å². The van der Waals surface area contributed by atoms with Crippen molar-refractivity contribution in [1.29, 1.82) is 5.26 Å². The van der Waals surface area contributed by atoms with Crippen molar-refractivity contribution in [1.82, 2.24) is 30.0 Å². The molecule has 5 heterocycles. The van der Waals surface area contributed by atoms with Crippen molar-refractivity contribution in [3.8, 4) is 22.2 Å². The third-order valence-corrected chi connectivity index (χ3v) is 13.0. The zero-order valence-corrected chi connectivity index (χ0v) is 34.2. The lowest BCUT2D eigenvalue weighted by molar-refractivity contribution is -0.141. The van der Waals surface area contributed by atoms with E-state index in [-0.39, 0.29) is 29.7 Å². The fourth-order valence-electron chi connectivity index (χ4n) is 7.15. The molecule has 3 N–H and O–H groups in total. The number of methoxy groups -OCH3 is 1. The maximum atomic E-state index is 13.2. The molecule has 0 aliphatic carbocycles. The molecule has 0 radical (unpaired) electrons. The predicted molar refractivity (Wildman–Crippen MR) is 224 cm³/mol. The normalized spacial score (nSPS) is 13.5. The minimum absolute atomic E-state index is 0.0214. The molecule has 7 aromatic rings. The first-order valence-electron chi connectivity index (χ1n) is 18.5. The van der Waals surface area contributed by atoms with Crippen LogP contribution in [-0.4, -0.2) is 57.8 Å². The lowest BCUT2D eigenvalue weighted by Gasteiger charge is -2.12. The second kappa shape index (κ2) is 15.4. The fraction of sp³-hybridized carbons (Fsp3) is 0.186. The molecule has 1 amide bonds. The van der Waals surface area contributed by atoms with E-state index in [4.69, 9.17) is 9.73 Å². The number of thiophene rings is 1. The molecule has 8 rings (SSSR count). The van der Waals surface area contributed by atoms with Gasteiger partial charge in [-0.3, -0.25) is 28.9 Å². The average Bonchev–Trinajstić information content (AvgIpc) is 3.92. The number of aromatic nitrogens is 5. The molecule has 296 valence electrons. The van der Waals surface area contributed by atoms with Crippen LogP contribution in [0, 0.1) is 39.0 Å². The van der Waals surface area contributed by atoms with Gasteiger partial charge < -0.3 is 15.0 Å². The van der Waals surface area contributed by atoms with E-state index in [2.05, 4.69) is 50.1 Å². The molecule has 59 heavy (non-hydrogen) atoms. The van der Waals surface area contributed by atoms with Crippen LogP contribution in [0.1, 0.15) is 72.9 Å². The van der Waals surface area contributed by atoms with Gasteiger partial charge in [0.1, 0.15) is 27.8 Å². The first kappa shape index (κ1) is 38.9. The van der Waals surface area contributed by atoms with E-state index in [1.165, 1.54) is 19.4 Å². The number of nitriles is 1. The molecule has 14 nitrogen and oxygen atoms in total. The molecule has 4 aromatic heterocycles. The second-order valence-corrected chi connectivity index (χ2v) is 17.0. The van der Waals surface area contributed by atoms with Gasteiger partial charge in [-0.05, 0) is 80.3 Å². The van der Waals surface area contributed by atoms with Gasteiger partial charge in [0.05, 0.1) is 48.2 Å². The minimum Gasteiger partial charge on any atom is -0.469 e. The van der Waals surface area contributed by atoms with Crippen LogP contribution in [0.3, 0.4) is 0 Å². The fourth-order valence-corrected chi connectivity index (χ4v) is 9.38. The Labute approximate surface area is 343 Å². The summed E-state index contributed by atoms with van der Waals surface area (Å²) >= 11 is 1.64. The molecule has 1 atom stereocenters. The maximum absolute atomic E-state index is 13.2. The second-order valence-electron chi connectivity index (χ2n) is 14.1. The highest BCUT2D eigenvalue weighted by atomic mass is 32.2. The Bertz CT molecular complexity index is 2980. The molecule has 0 spiro atoms. The highest BCUT2D eigenvalue weighted by Gasteiger charge is 2.32. The number of rotatable bonds is 10. The molecule has 16 heteroatoms. The van der Waals surface area contributed by atoms with Crippen LogP contribution in [0.4, 0.5) is 5.69 Å². The number of aryl methyl sites for hydroxylation is 3. The molecule has 0 fully saturated rings. The number of carbonyl (C=O) groups excluding carboxylic acids is 2. The first-order valence-corrected chi connectivity index (χ1v) is 20.8. The number of fused-ring (bicyclic) bond motifs is 4. The number of esters is 1. The van der Waals surface area contributed by atoms with Gasteiger partial charge in [-0.15, -0.1) is 21.5 Å². The number of carbonyl (C=O) groups is 2. The van der Waals surface area contributed by atoms with Crippen molar-refractivity contribution >= 4 is 55.5 Å². The van der Waals surface area contributed by atoms with Gasteiger partial charge in [0.2, 0.25) is 0 Å². The molecular weight excluding hydrogens is 787 g/mol. The van der Waals surface area contributed by atoms with Crippen molar-refractivity contribution in [2.45, 2.75) is 51.6 Å². The number of hydrogen-bond donors (Lipinski definition) is 3. The largest absolute Gasteiger partial charge is 0.469 e. The van der Waals surface area contributed by atoms with Crippen molar-refractivity contribution in [3.63, 3.8) is 0 Å². The number of H-pyrrole nitrogens is 1. The summed E-state index contributed by atoms with van der Waals surface area (Å²) in [5.74, 6) is 0.603. The Hall–Kier alpha value is -6.96. The lowest BCUT2D eigenvalue weighted by atomic mass is 9.96. The van der Waals surface area contributed by atoms with Crippen LogP contribution in [0.15, 0.2) is 95.1 Å². The summed E-state index contributed by atoms with van der Waals surface area (Å²) in [6, 6.07) is 23.2. The van der Waals surface area contributed by atoms with E-state index in [0.29, 0.717) is 45.1 Å². The van der Waals surface area contributed by atoms with E-state index in [9.17, 15) is 23.3 Å². The van der Waals surface area contributed by atoms with Gasteiger partial charge >= 0.3 is 5.97 Å². The van der Waals surface area contributed by atoms with Crippen LogP contribution in [0.5, 0.6) is 0 Å². The number of ether oxygens (including phenoxy) is 1. The number of amides is 1. The van der Waals surface area contributed by atoms with Crippen molar-refractivity contribution in [2.24, 2.45) is 4.99 Å². The van der Waals surface area contributed by atoms with E-state index in [1.54, 1.807) is 47.9 Å². The Morgan fingerprint density at radius 1 is 0.949 bits per heavy atom. The zero-order valence-electron chi connectivity index (χ0n) is 32.6. The topological polar surface area (TPSA) is 197 Å². The summed E-state index contributed by atoms with van der Waals surface area (Å²) in [6.45, 7) is 7.98. The Morgan fingerprint density at radius 3 is 2.34 bits per heavy atom. The number of pyridine rings is 1. The van der Waals surface area contributed by atoms with Crippen molar-refractivity contribution in [2.75, 3.05) is 11.8 Å². The molecule has 0 unspecified atom stereocenters. The monoisotopic (exact) mass is 823 g/mol. The number of anilines is 1. The number of aromatic amines is 1. The van der Waals surface area contributed by atoms with Gasteiger partial charge in [-0.25, -0.2) is 8.42 Å². The molecule has 1 aliphatic rings. The van der Waals surface area contributed by atoms with E-state index in [1.807, 2.05) is 54.8 Å². The van der Waals surface area contributed by atoms with E-state index in [0.717, 1.165) is 49.0 Å². The van der Waals surface area contributed by atoms with Crippen LogP contribution in [0.25, 0.3) is 27.0 Å². The number of hydrogen-bond acceptors (Lipinski definition) is 11. The van der Waals surface area contributed by atoms with Gasteiger partial charge in [-0.1, -0.05) is 42.5 Å². The first-order chi connectivity index (χ1) is 28.4. The van der Waals surface area contributed by atoms with Crippen LogP contribution < -0.4 is 10.0 Å². The van der Waals surface area contributed by atoms with Gasteiger partial charge in [0.25, 0.3) is 15.9 Å². The standard InChI is InChI=1S/C43H37N9O5S2/c1-23-6-17-34(40-37(23)31(19-44)20-46-40)51-59(55,56)33-16-15-32(45-22-33)21-47-42(54)30-13-9-28(10-14-30)27-7-11-29(12-8-27)39-38-24(2)25(3)58-43(38)52-26(4)49-50-41(52)35(48-39)18-36(53)57-5/h6-17,20,22,35,46,51H,18,21H2,1-5H3,(H,47,54)/t35-/m0/s1. The predicted octanol–water partition coefficient (Wildman–Crippen LogP) is 7.16. The molecular formula is C43H37N9O5S2. The van der Waals surface area contributed by atoms with Crippen LogP contribution in [0.2, 0.25) is 0 Å². The number of sulfonamides is 1. The zero-order chi connectivity index (χ0) is 41.6. The van der Waals surface area contributed by atoms with Crippen LogP contribution >= 0.6 is 11.3 Å². The third kappa shape index (κ3) is 7.26. The number of nitrogens with zero attached hydrogens (tertiary/aromatic N) is 6. The van der Waals surface area contributed by atoms with Gasteiger partial charge in [0, 0.05) is 39.3 Å². The third-order valence-electron chi connectivity index (χ3n) is 10.4. The molecule has 1 aliphatic heterocycles. The van der Waals surface area contributed by atoms with Crippen molar-refractivity contribution < 1.29 is 22.7 Å². The number of nitrogens with one attached hydrogen (secondary N) is 3. The summed E-state index contributed by atoms with van der Waals surface area (Å²) in [6.07, 6.45) is 2.81. The summed E-state index contributed by atoms with van der Waals surface area (Å²) in [5, 5.41) is 22.7. The molecule has 0 saturated carbocycles. The summed E-state index contributed by atoms with van der Waals surface area (Å²) in [7, 11) is -2.64. The molecule has 3 aromatic carbocycles. The van der Waals surface area contributed by atoms with E-state index >= 15 is 0 Å². The van der Waals surface area contributed by atoms with Gasteiger partial charge in [-0.2, -0.15) is 5.26 Å². The highest BCUT2D eigenvalue weighted by molar-refractivity contribution is 7.92. The summed E-state index contributed by atoms with van der Waals surface area (Å²) < 4.78 is 36.0. The SMILES string of the molecule is COC(=O)C[C@@H]1N=C(c2ccc(-c3ccc(C(=O)NCc4ccc(S(=O)(=O)Nc5ccc(C)c6c(C#N)c[nH]c56)cn4)cc3)cc2)c2c(sc(C)c2C)-n2c(C)nnc21. The lowest BCUT2D eigenvalue weighted by Crippen LogP contribution is -2.23. The average molecular weight is 824 g/mol. The summed E-state index contributed by atoms with van der Waals surface area (Å²) in [5.41, 5.74) is 8.59. The van der Waals surface area contributed by atoms with E-state index < -0.39 is 16.1 Å². The Balaban J connectivity index is 0.945. The quantitative estimate of drug-likeness (QED) is 0.120. The summed E-state index contributed by atoms with van der Waals surface area (Å²) in [4.78, 5) is 39.1. The van der Waals surface area contributed by atoms with Crippen molar-refractivity contribution in [3.05, 3.63) is 141 Å². The highest BCUT2D eigenvalue weighted by Crippen LogP contribution is 2.40. The minimum atomic E-state index is -4.00. The maximum Gasteiger partial charge on any atom is 0.308 e. The smallest absolute Gasteiger partial charge is 0.308 e. The van der Waals surface area contributed by atoms with Crippen LogP contribution in [-0.2, 0) is 26.1 Å².